The van der Waals surface area contributed by atoms with Gasteiger partial charge in [-0.05, 0) is 18.6 Å². The highest BCUT2D eigenvalue weighted by atomic mass is 35.5. The Morgan fingerprint density at radius 2 is 2.21 bits per heavy atom. The van der Waals surface area contributed by atoms with Gasteiger partial charge in [0.1, 0.15) is 11.9 Å². The van der Waals surface area contributed by atoms with Crippen molar-refractivity contribution in [1.29, 1.82) is 0 Å². The van der Waals surface area contributed by atoms with Crippen molar-refractivity contribution in [2.45, 2.75) is 25.9 Å². The van der Waals surface area contributed by atoms with E-state index >= 15 is 0 Å². The van der Waals surface area contributed by atoms with E-state index in [0.717, 1.165) is 0 Å². The number of nitrogens with one attached hydrogen (secondary N) is 1. The highest BCUT2D eigenvalue weighted by Crippen LogP contribution is 2.21. The Labute approximate surface area is 115 Å². The van der Waals surface area contributed by atoms with Crippen LogP contribution >= 0.6 is 11.6 Å². The van der Waals surface area contributed by atoms with Crippen molar-refractivity contribution in [1.82, 2.24) is 10.2 Å². The van der Waals surface area contributed by atoms with Crippen LogP contribution in [0.25, 0.3) is 0 Å². The van der Waals surface area contributed by atoms with Crippen molar-refractivity contribution < 1.29 is 14.0 Å². The minimum absolute atomic E-state index is 0.00819. The molecule has 0 saturated carbocycles. The molecule has 1 N–H and O–H groups in total. The summed E-state index contributed by atoms with van der Waals surface area (Å²) in [6.45, 7) is 1.75. The van der Waals surface area contributed by atoms with Crippen molar-refractivity contribution in [3.63, 3.8) is 0 Å². The maximum absolute atomic E-state index is 13.7. The molecular formula is C13H14ClFN2O2. The molecule has 1 saturated heterocycles. The van der Waals surface area contributed by atoms with Gasteiger partial charge in [0.05, 0.1) is 13.1 Å². The summed E-state index contributed by atoms with van der Waals surface area (Å²) in [5.41, 5.74) is 0.238. The third kappa shape index (κ3) is 2.87. The molecule has 1 atom stereocenters. The molecule has 1 aliphatic heterocycles. The standard InChI is InChI=1S/C13H14ClFN2O2/c1-2-11-13(19)17(7-12(18)16-11)6-8-9(14)4-3-5-10(8)15/h3-5,11H,2,6-7H2,1H3,(H,16,18). The quantitative estimate of drug-likeness (QED) is 0.919. The Morgan fingerprint density at radius 1 is 1.47 bits per heavy atom. The van der Waals surface area contributed by atoms with Crippen LogP contribution in [0, 0.1) is 5.82 Å². The molecule has 2 rings (SSSR count). The van der Waals surface area contributed by atoms with Gasteiger partial charge in [-0.2, -0.15) is 0 Å². The second kappa shape index (κ2) is 5.57. The average Bonchev–Trinajstić information content (AvgIpc) is 2.37. The number of rotatable bonds is 3. The van der Waals surface area contributed by atoms with Crippen LogP contribution in [0.1, 0.15) is 18.9 Å². The molecule has 1 aromatic rings. The summed E-state index contributed by atoms with van der Waals surface area (Å²) >= 11 is 5.92. The second-order valence-electron chi connectivity index (χ2n) is 4.42. The topological polar surface area (TPSA) is 49.4 Å². The highest BCUT2D eigenvalue weighted by Gasteiger charge is 2.31. The summed E-state index contributed by atoms with van der Waals surface area (Å²) in [5.74, 6) is -0.917. The van der Waals surface area contributed by atoms with Crippen LogP contribution < -0.4 is 5.32 Å². The maximum Gasteiger partial charge on any atom is 0.245 e. The molecule has 6 heteroatoms. The van der Waals surface area contributed by atoms with Crippen molar-refractivity contribution >= 4 is 23.4 Å². The van der Waals surface area contributed by atoms with Crippen LogP contribution in [0.15, 0.2) is 18.2 Å². The third-order valence-electron chi connectivity index (χ3n) is 3.10. The van der Waals surface area contributed by atoms with E-state index < -0.39 is 11.9 Å². The smallest absolute Gasteiger partial charge is 0.245 e. The number of carbonyl (C=O) groups is 2. The molecule has 0 spiro atoms. The Morgan fingerprint density at radius 3 is 2.84 bits per heavy atom. The van der Waals surface area contributed by atoms with Crippen LogP contribution in [0.3, 0.4) is 0 Å². The minimum atomic E-state index is -0.535. The Balaban J connectivity index is 2.22. The van der Waals surface area contributed by atoms with E-state index in [-0.39, 0.29) is 35.5 Å². The first kappa shape index (κ1) is 13.8. The molecular weight excluding hydrogens is 271 g/mol. The molecule has 1 unspecified atom stereocenters. The van der Waals surface area contributed by atoms with Crippen LogP contribution in [-0.2, 0) is 16.1 Å². The van der Waals surface area contributed by atoms with Gasteiger partial charge in [-0.1, -0.05) is 24.6 Å². The van der Waals surface area contributed by atoms with E-state index in [2.05, 4.69) is 5.32 Å². The SMILES string of the molecule is CCC1NC(=O)CN(Cc2c(F)cccc2Cl)C1=O. The molecule has 0 radical (unpaired) electrons. The zero-order valence-corrected chi connectivity index (χ0v) is 11.2. The van der Waals surface area contributed by atoms with Crippen LogP contribution in [-0.4, -0.2) is 29.3 Å². The monoisotopic (exact) mass is 284 g/mol. The maximum atomic E-state index is 13.7. The number of carbonyl (C=O) groups excluding carboxylic acids is 2. The van der Waals surface area contributed by atoms with E-state index in [4.69, 9.17) is 11.6 Å². The van der Waals surface area contributed by atoms with Gasteiger partial charge < -0.3 is 10.2 Å². The van der Waals surface area contributed by atoms with Gasteiger partial charge >= 0.3 is 0 Å². The fourth-order valence-corrected chi connectivity index (χ4v) is 2.28. The number of piperazine rings is 1. The van der Waals surface area contributed by atoms with E-state index in [0.29, 0.717) is 6.42 Å². The molecule has 19 heavy (non-hydrogen) atoms. The minimum Gasteiger partial charge on any atom is -0.343 e. The van der Waals surface area contributed by atoms with Gasteiger partial charge in [0.15, 0.2) is 0 Å². The summed E-state index contributed by atoms with van der Waals surface area (Å²) in [4.78, 5) is 24.9. The number of nitrogens with zero attached hydrogens (tertiary/aromatic N) is 1. The molecule has 2 amide bonds. The van der Waals surface area contributed by atoms with Gasteiger partial charge in [-0.25, -0.2) is 4.39 Å². The molecule has 1 heterocycles. The molecule has 1 aliphatic rings. The predicted octanol–water partition coefficient (Wildman–Crippen LogP) is 1.72. The number of halogens is 2. The van der Waals surface area contributed by atoms with Gasteiger partial charge in [-0.3, -0.25) is 9.59 Å². The lowest BCUT2D eigenvalue weighted by molar-refractivity contribution is -0.144. The van der Waals surface area contributed by atoms with Gasteiger partial charge in [0.2, 0.25) is 11.8 Å². The number of hydrogen-bond acceptors (Lipinski definition) is 2. The van der Waals surface area contributed by atoms with Crippen molar-refractivity contribution in [2.75, 3.05) is 6.54 Å². The number of hydrogen-bond donors (Lipinski definition) is 1. The van der Waals surface area contributed by atoms with Crippen LogP contribution in [0.5, 0.6) is 0 Å². The van der Waals surface area contributed by atoms with Gasteiger partial charge in [0.25, 0.3) is 0 Å². The van der Waals surface area contributed by atoms with Crippen LogP contribution in [0.2, 0.25) is 5.02 Å². The summed E-state index contributed by atoms with van der Waals surface area (Å²) in [6.07, 6.45) is 0.506. The third-order valence-corrected chi connectivity index (χ3v) is 3.45. The first-order chi connectivity index (χ1) is 9.02. The summed E-state index contributed by atoms with van der Waals surface area (Å²) < 4.78 is 13.7. The average molecular weight is 285 g/mol. The number of amides is 2. The van der Waals surface area contributed by atoms with Gasteiger partial charge in [-0.15, -0.1) is 0 Å². The summed E-state index contributed by atoms with van der Waals surface area (Å²) in [6, 6.07) is 3.81. The molecule has 1 aromatic carbocycles. The zero-order valence-electron chi connectivity index (χ0n) is 10.5. The Kier molecular flexibility index (Phi) is 4.04. The lowest BCUT2D eigenvalue weighted by atomic mass is 10.1. The van der Waals surface area contributed by atoms with E-state index in [1.807, 2.05) is 6.92 Å². The molecule has 1 fully saturated rings. The molecule has 0 bridgehead atoms. The van der Waals surface area contributed by atoms with E-state index in [9.17, 15) is 14.0 Å². The largest absolute Gasteiger partial charge is 0.343 e. The molecule has 102 valence electrons. The summed E-state index contributed by atoms with van der Waals surface area (Å²) in [5, 5.41) is 2.86. The highest BCUT2D eigenvalue weighted by molar-refractivity contribution is 6.31. The predicted molar refractivity (Wildman–Crippen MR) is 69.0 cm³/mol. The van der Waals surface area contributed by atoms with Crippen molar-refractivity contribution in [3.05, 3.63) is 34.6 Å². The van der Waals surface area contributed by atoms with Crippen molar-refractivity contribution in [2.24, 2.45) is 0 Å². The normalized spacial score (nSPS) is 19.5. The second-order valence-corrected chi connectivity index (χ2v) is 4.83. The first-order valence-electron chi connectivity index (χ1n) is 6.04. The molecule has 4 nitrogen and oxygen atoms in total. The first-order valence-corrected chi connectivity index (χ1v) is 6.41. The van der Waals surface area contributed by atoms with E-state index in [1.165, 1.54) is 17.0 Å². The Bertz CT molecular complexity index is 501. The fourth-order valence-electron chi connectivity index (χ4n) is 2.06. The van der Waals surface area contributed by atoms with Crippen LogP contribution in [0.4, 0.5) is 4.39 Å². The summed E-state index contributed by atoms with van der Waals surface area (Å²) in [7, 11) is 0. The van der Waals surface area contributed by atoms with Gasteiger partial charge in [0, 0.05) is 10.6 Å². The zero-order chi connectivity index (χ0) is 14.0. The van der Waals surface area contributed by atoms with E-state index in [1.54, 1.807) is 6.07 Å². The van der Waals surface area contributed by atoms with Crippen molar-refractivity contribution in [3.8, 4) is 0 Å². The Hall–Kier alpha value is -1.62. The number of benzene rings is 1. The molecule has 0 aliphatic carbocycles. The molecule has 0 aromatic heterocycles. The lowest BCUT2D eigenvalue weighted by Gasteiger charge is -2.32. The fraction of sp³-hybridized carbons (Fsp3) is 0.385. The lowest BCUT2D eigenvalue weighted by Crippen LogP contribution is -2.57.